The lowest BCUT2D eigenvalue weighted by molar-refractivity contribution is -0.175. The van der Waals surface area contributed by atoms with Crippen LogP contribution in [0.25, 0.3) is 0 Å². The van der Waals surface area contributed by atoms with Gasteiger partial charge < -0.3 is 4.74 Å². The van der Waals surface area contributed by atoms with Crippen LogP contribution in [0.5, 0.6) is 0 Å². The second-order valence-corrected chi connectivity index (χ2v) is 10.8. The number of esters is 1. The Morgan fingerprint density at radius 1 is 1.14 bits per heavy atom. The summed E-state index contributed by atoms with van der Waals surface area (Å²) in [6, 6.07) is 9.14. The number of rotatable bonds is 7. The maximum Gasteiger partial charge on any atom is 0.333 e. The molecule has 28 heavy (non-hydrogen) atoms. The molecule has 1 aromatic carbocycles. The van der Waals surface area contributed by atoms with E-state index in [4.69, 9.17) is 8.92 Å². The summed E-state index contributed by atoms with van der Waals surface area (Å²) in [6.45, 7) is 5.61. The molecular weight excluding hydrogens is 376 g/mol. The number of hydrogen-bond acceptors (Lipinski definition) is 5. The molecule has 2 atom stereocenters. The van der Waals surface area contributed by atoms with Crippen LogP contribution in [0.1, 0.15) is 51.0 Å². The van der Waals surface area contributed by atoms with Gasteiger partial charge in [0.15, 0.2) is 0 Å². The largest absolute Gasteiger partial charge is 0.462 e. The molecule has 0 spiro atoms. The van der Waals surface area contributed by atoms with Crippen LogP contribution in [0.4, 0.5) is 0 Å². The summed E-state index contributed by atoms with van der Waals surface area (Å²) < 4.78 is 37.1. The van der Waals surface area contributed by atoms with Crippen molar-refractivity contribution in [3.63, 3.8) is 0 Å². The average Bonchev–Trinajstić information content (AvgIpc) is 2.57. The molecule has 0 radical (unpaired) electrons. The molecule has 0 N–H and O–H groups in total. The van der Waals surface area contributed by atoms with Crippen LogP contribution in [0.3, 0.4) is 0 Å². The van der Waals surface area contributed by atoms with Gasteiger partial charge in [-0.3, -0.25) is 4.18 Å². The first-order valence-electron chi connectivity index (χ1n) is 9.98. The predicted molar refractivity (Wildman–Crippen MR) is 106 cm³/mol. The Labute approximate surface area is 167 Å². The molecule has 5 nitrogen and oxygen atoms in total. The Hall–Kier alpha value is -1.66. The van der Waals surface area contributed by atoms with Crippen molar-refractivity contribution in [3.05, 3.63) is 48.0 Å². The molecule has 6 heteroatoms. The molecule has 152 valence electrons. The number of carbonyl (C=O) groups is 1. The summed E-state index contributed by atoms with van der Waals surface area (Å²) in [7, 11) is -3.69. The van der Waals surface area contributed by atoms with Crippen molar-refractivity contribution < 1.29 is 22.1 Å². The Bertz CT molecular complexity index is 859. The lowest BCUT2D eigenvalue weighted by Gasteiger charge is -2.60. The van der Waals surface area contributed by atoms with Crippen LogP contribution in [-0.2, 0) is 29.6 Å². The third-order valence-corrected chi connectivity index (χ3v) is 7.77. The zero-order chi connectivity index (χ0) is 20.0. The summed E-state index contributed by atoms with van der Waals surface area (Å²) in [5, 5.41) is 0. The maximum atomic E-state index is 12.8. The molecule has 0 saturated heterocycles. The van der Waals surface area contributed by atoms with E-state index in [1.165, 1.54) is 0 Å². The minimum Gasteiger partial charge on any atom is -0.462 e. The minimum atomic E-state index is -3.69. The smallest absolute Gasteiger partial charge is 0.333 e. The molecule has 4 aliphatic carbocycles. The van der Waals surface area contributed by atoms with E-state index in [1.54, 1.807) is 19.1 Å². The van der Waals surface area contributed by atoms with Crippen LogP contribution in [-0.4, -0.2) is 26.6 Å². The van der Waals surface area contributed by atoms with Crippen LogP contribution >= 0.6 is 0 Å². The summed E-state index contributed by atoms with van der Waals surface area (Å²) in [6.07, 6.45) is 5.31. The molecule has 0 aromatic heterocycles. The zero-order valence-electron chi connectivity index (χ0n) is 16.4. The Morgan fingerprint density at radius 3 is 2.39 bits per heavy atom. The molecule has 4 fully saturated rings. The normalized spacial score (nSPS) is 33.6. The van der Waals surface area contributed by atoms with Crippen molar-refractivity contribution in [3.8, 4) is 0 Å². The molecule has 4 saturated carbocycles. The average molecular weight is 405 g/mol. The van der Waals surface area contributed by atoms with Crippen molar-refractivity contribution >= 4 is 16.1 Å². The van der Waals surface area contributed by atoms with Crippen molar-refractivity contribution in [1.82, 2.24) is 0 Å². The van der Waals surface area contributed by atoms with Crippen molar-refractivity contribution in [2.45, 2.75) is 56.8 Å². The van der Waals surface area contributed by atoms with Gasteiger partial charge in [-0.1, -0.05) is 36.9 Å². The summed E-state index contributed by atoms with van der Waals surface area (Å²) in [4.78, 5) is 11.9. The SMILES string of the molecule is C=C(C)C(=O)OCC12CC3CC(C1)CC(OS(=O)(=O)Cc1ccccc1)(C3)C2. The second-order valence-electron chi connectivity index (χ2n) is 9.27. The lowest BCUT2D eigenvalue weighted by Crippen LogP contribution is -2.58. The summed E-state index contributed by atoms with van der Waals surface area (Å²) >= 11 is 0. The van der Waals surface area contributed by atoms with Crippen molar-refractivity contribution in [2.24, 2.45) is 17.3 Å². The van der Waals surface area contributed by atoms with Gasteiger partial charge in [-0.15, -0.1) is 0 Å². The summed E-state index contributed by atoms with van der Waals surface area (Å²) in [5.41, 5.74) is 0.309. The lowest BCUT2D eigenvalue weighted by atomic mass is 9.48. The maximum absolute atomic E-state index is 12.8. The fourth-order valence-corrected chi connectivity index (χ4v) is 7.44. The molecular formula is C22H28O5S. The van der Waals surface area contributed by atoms with Crippen LogP contribution in [0.15, 0.2) is 42.5 Å². The third kappa shape index (κ3) is 4.03. The fraction of sp³-hybridized carbons (Fsp3) is 0.591. The van der Waals surface area contributed by atoms with Crippen LogP contribution in [0.2, 0.25) is 0 Å². The van der Waals surface area contributed by atoms with Gasteiger partial charge in [0.05, 0.1) is 12.2 Å². The number of benzene rings is 1. The first-order chi connectivity index (χ1) is 13.2. The third-order valence-electron chi connectivity index (χ3n) is 6.48. The van der Waals surface area contributed by atoms with Gasteiger partial charge >= 0.3 is 5.97 Å². The highest BCUT2D eigenvalue weighted by atomic mass is 32.2. The molecule has 0 aliphatic heterocycles. The zero-order valence-corrected chi connectivity index (χ0v) is 17.2. The van der Waals surface area contributed by atoms with Gasteiger partial charge in [-0.2, -0.15) is 8.42 Å². The molecule has 4 aliphatic rings. The van der Waals surface area contributed by atoms with Crippen LogP contribution < -0.4 is 0 Å². The molecule has 2 unspecified atom stereocenters. The van der Waals surface area contributed by atoms with E-state index in [0.717, 1.165) is 37.7 Å². The topological polar surface area (TPSA) is 69.7 Å². The Morgan fingerprint density at radius 2 is 1.79 bits per heavy atom. The fourth-order valence-electron chi connectivity index (χ4n) is 6.05. The van der Waals surface area contributed by atoms with Gasteiger partial charge in [-0.25, -0.2) is 4.79 Å². The van der Waals surface area contributed by atoms with Gasteiger partial charge in [-0.05, 0) is 62.8 Å². The monoisotopic (exact) mass is 404 g/mol. The highest BCUT2D eigenvalue weighted by Crippen LogP contribution is 2.63. The summed E-state index contributed by atoms with van der Waals surface area (Å²) in [5.74, 6) is 0.401. The van der Waals surface area contributed by atoms with E-state index < -0.39 is 15.7 Å². The van der Waals surface area contributed by atoms with Gasteiger partial charge in [0.25, 0.3) is 10.1 Å². The molecule has 0 amide bonds. The first-order valence-corrected chi connectivity index (χ1v) is 11.6. The van der Waals surface area contributed by atoms with Gasteiger partial charge in [0, 0.05) is 11.0 Å². The molecule has 5 rings (SSSR count). The molecule has 4 bridgehead atoms. The Kier molecular flexibility index (Phi) is 4.91. The van der Waals surface area contributed by atoms with Gasteiger partial charge in [0.2, 0.25) is 0 Å². The van der Waals surface area contributed by atoms with E-state index in [1.807, 2.05) is 18.2 Å². The van der Waals surface area contributed by atoms with E-state index in [0.29, 0.717) is 30.4 Å². The van der Waals surface area contributed by atoms with E-state index >= 15 is 0 Å². The van der Waals surface area contributed by atoms with Crippen molar-refractivity contribution in [2.75, 3.05) is 6.61 Å². The minimum absolute atomic E-state index is 0.109. The Balaban J connectivity index is 1.51. The second kappa shape index (κ2) is 6.99. The predicted octanol–water partition coefficient (Wildman–Crippen LogP) is 3.99. The van der Waals surface area contributed by atoms with Crippen molar-refractivity contribution in [1.29, 1.82) is 0 Å². The van der Waals surface area contributed by atoms with Gasteiger partial charge in [0.1, 0.15) is 5.75 Å². The number of carbonyl (C=O) groups excluding carboxylic acids is 1. The number of hydrogen-bond donors (Lipinski definition) is 0. The number of ether oxygens (including phenoxy) is 1. The van der Waals surface area contributed by atoms with E-state index in [2.05, 4.69) is 6.58 Å². The quantitative estimate of drug-likeness (QED) is 0.390. The highest BCUT2D eigenvalue weighted by molar-refractivity contribution is 7.85. The first kappa shape index (κ1) is 19.6. The molecule has 1 aromatic rings. The van der Waals surface area contributed by atoms with E-state index in [-0.39, 0.29) is 17.1 Å². The molecule has 0 heterocycles. The standard InChI is InChI=1S/C22H28O5S/c1-16(2)20(23)26-15-21-9-18-8-19(10-21)12-22(11-18,14-21)27-28(24,25)13-17-6-4-3-5-7-17/h3-7,18-19H,1,8-15H2,2H3. The highest BCUT2D eigenvalue weighted by Gasteiger charge is 2.60. The van der Waals surface area contributed by atoms with E-state index in [9.17, 15) is 13.2 Å². The van der Waals surface area contributed by atoms with Crippen LogP contribution in [0, 0.1) is 17.3 Å².